The second kappa shape index (κ2) is 8.78. The summed E-state index contributed by atoms with van der Waals surface area (Å²) in [6.07, 6.45) is 3.39. The van der Waals surface area contributed by atoms with Gasteiger partial charge in [0.15, 0.2) is 0 Å². The van der Waals surface area contributed by atoms with Gasteiger partial charge in [-0.05, 0) is 37.5 Å². The Labute approximate surface area is 147 Å². The zero-order valence-electron chi connectivity index (χ0n) is 14.1. The van der Waals surface area contributed by atoms with E-state index in [2.05, 4.69) is 5.32 Å². The number of phenolic OH excluding ortho intramolecular Hbond substituents is 1. The molecule has 5 nitrogen and oxygen atoms in total. The number of allylic oxidation sites excluding steroid dienone is 1. The summed E-state index contributed by atoms with van der Waals surface area (Å²) < 4.78 is 0. The minimum atomic E-state index is -0.400. The lowest BCUT2D eigenvalue weighted by Gasteiger charge is -2.23. The van der Waals surface area contributed by atoms with E-state index in [0.717, 1.165) is 12.0 Å². The number of hydrogen-bond acceptors (Lipinski definition) is 4. The summed E-state index contributed by atoms with van der Waals surface area (Å²) in [4.78, 5) is 26.5. The number of phenols is 1. The molecule has 1 aliphatic heterocycles. The van der Waals surface area contributed by atoms with E-state index in [1.54, 1.807) is 35.7 Å². The highest BCUT2D eigenvalue weighted by Gasteiger charge is 2.34. The second-order valence-corrected chi connectivity index (χ2v) is 6.79. The van der Waals surface area contributed by atoms with E-state index in [0.29, 0.717) is 30.2 Å². The van der Waals surface area contributed by atoms with Crippen molar-refractivity contribution in [3.05, 3.63) is 41.5 Å². The van der Waals surface area contributed by atoms with Crippen LogP contribution in [0.3, 0.4) is 0 Å². The van der Waals surface area contributed by atoms with E-state index >= 15 is 0 Å². The SMILES string of the molecule is CC/C=C(\C)C(=O)N1CSC[C@H]1C(=O)NCCc1ccc(O)cc1. The van der Waals surface area contributed by atoms with Gasteiger partial charge >= 0.3 is 0 Å². The van der Waals surface area contributed by atoms with Gasteiger partial charge in [-0.15, -0.1) is 11.8 Å². The first-order valence-corrected chi connectivity index (χ1v) is 9.29. The second-order valence-electron chi connectivity index (χ2n) is 5.79. The average molecular weight is 348 g/mol. The van der Waals surface area contributed by atoms with Crippen molar-refractivity contribution in [2.45, 2.75) is 32.7 Å². The van der Waals surface area contributed by atoms with Crippen molar-refractivity contribution in [3.63, 3.8) is 0 Å². The van der Waals surface area contributed by atoms with Crippen LogP contribution < -0.4 is 5.32 Å². The van der Waals surface area contributed by atoms with Crippen molar-refractivity contribution in [1.82, 2.24) is 10.2 Å². The topological polar surface area (TPSA) is 69.6 Å². The number of hydrogen-bond donors (Lipinski definition) is 2. The van der Waals surface area contributed by atoms with E-state index in [4.69, 9.17) is 0 Å². The molecule has 0 unspecified atom stereocenters. The van der Waals surface area contributed by atoms with Crippen molar-refractivity contribution in [2.75, 3.05) is 18.2 Å². The Morgan fingerprint density at radius 3 is 2.75 bits per heavy atom. The third-order valence-corrected chi connectivity index (χ3v) is 4.95. The maximum atomic E-state index is 12.4. The van der Waals surface area contributed by atoms with Gasteiger partial charge < -0.3 is 15.3 Å². The van der Waals surface area contributed by atoms with Crippen molar-refractivity contribution in [1.29, 1.82) is 0 Å². The number of amides is 2. The Balaban J connectivity index is 1.87. The van der Waals surface area contributed by atoms with Crippen LogP contribution in [-0.2, 0) is 16.0 Å². The lowest BCUT2D eigenvalue weighted by molar-refractivity contribution is -0.135. The maximum Gasteiger partial charge on any atom is 0.250 e. The molecule has 24 heavy (non-hydrogen) atoms. The standard InChI is InChI=1S/C18H24N2O3S/c1-3-4-13(2)18(23)20-12-24-11-16(20)17(22)19-10-9-14-5-7-15(21)8-6-14/h4-8,16,21H,3,9-12H2,1-2H3,(H,19,22)/b13-4+/t16-/m0/s1. The van der Waals surface area contributed by atoms with Crippen molar-refractivity contribution >= 4 is 23.6 Å². The number of rotatable bonds is 6. The summed E-state index contributed by atoms with van der Waals surface area (Å²) >= 11 is 1.60. The van der Waals surface area contributed by atoms with E-state index in [1.165, 1.54) is 0 Å². The summed E-state index contributed by atoms with van der Waals surface area (Å²) in [5, 5.41) is 12.2. The highest BCUT2D eigenvalue weighted by atomic mass is 32.2. The van der Waals surface area contributed by atoms with Crippen LogP contribution in [0.4, 0.5) is 0 Å². The smallest absolute Gasteiger partial charge is 0.250 e. The molecule has 2 N–H and O–H groups in total. The normalized spacial score (nSPS) is 17.8. The Kier molecular flexibility index (Phi) is 6.73. The number of carbonyl (C=O) groups excluding carboxylic acids is 2. The van der Waals surface area contributed by atoms with Crippen LogP contribution in [0.25, 0.3) is 0 Å². The molecule has 130 valence electrons. The van der Waals surface area contributed by atoms with Gasteiger partial charge in [-0.2, -0.15) is 0 Å². The summed E-state index contributed by atoms with van der Waals surface area (Å²) in [6.45, 7) is 4.30. The van der Waals surface area contributed by atoms with Gasteiger partial charge in [-0.25, -0.2) is 0 Å². The lowest BCUT2D eigenvalue weighted by atomic mass is 10.1. The van der Waals surface area contributed by atoms with Crippen LogP contribution in [0.5, 0.6) is 5.75 Å². The van der Waals surface area contributed by atoms with Crippen LogP contribution in [0.15, 0.2) is 35.9 Å². The zero-order chi connectivity index (χ0) is 17.5. The number of aromatic hydroxyl groups is 1. The first kappa shape index (κ1) is 18.4. The molecule has 0 radical (unpaired) electrons. The Bertz CT molecular complexity index is 613. The van der Waals surface area contributed by atoms with Gasteiger partial charge in [-0.3, -0.25) is 9.59 Å². The van der Waals surface area contributed by atoms with Gasteiger partial charge in [0.25, 0.3) is 5.91 Å². The molecule has 0 aliphatic carbocycles. The molecule has 1 aromatic carbocycles. The molecule has 2 rings (SSSR count). The molecule has 1 heterocycles. The summed E-state index contributed by atoms with van der Waals surface area (Å²) in [7, 11) is 0. The van der Waals surface area contributed by atoms with E-state index < -0.39 is 6.04 Å². The molecular weight excluding hydrogens is 324 g/mol. The number of carbonyl (C=O) groups is 2. The van der Waals surface area contributed by atoms with E-state index in [1.807, 2.05) is 25.1 Å². The van der Waals surface area contributed by atoms with Crippen LogP contribution in [0, 0.1) is 0 Å². The van der Waals surface area contributed by atoms with Crippen molar-refractivity contribution in [3.8, 4) is 5.75 Å². The van der Waals surface area contributed by atoms with Gasteiger partial charge in [0, 0.05) is 17.9 Å². The van der Waals surface area contributed by atoms with Gasteiger partial charge in [0.05, 0.1) is 5.88 Å². The molecule has 1 aliphatic rings. The van der Waals surface area contributed by atoms with Crippen LogP contribution >= 0.6 is 11.8 Å². The third kappa shape index (κ3) is 4.77. The molecule has 1 aromatic rings. The van der Waals surface area contributed by atoms with E-state index in [9.17, 15) is 14.7 Å². The fourth-order valence-electron chi connectivity index (χ4n) is 2.59. The van der Waals surface area contributed by atoms with Crippen LogP contribution in [-0.4, -0.2) is 46.0 Å². The molecule has 1 atom stereocenters. The van der Waals surface area contributed by atoms with E-state index in [-0.39, 0.29) is 17.6 Å². The molecule has 1 fully saturated rings. The summed E-state index contributed by atoms with van der Waals surface area (Å²) in [5.74, 6) is 1.27. The predicted molar refractivity (Wildman–Crippen MR) is 96.8 cm³/mol. The largest absolute Gasteiger partial charge is 0.508 e. The Hall–Kier alpha value is -1.95. The van der Waals surface area contributed by atoms with Gasteiger partial charge in [0.2, 0.25) is 5.91 Å². The average Bonchev–Trinajstić information content (AvgIpc) is 3.05. The molecular formula is C18H24N2O3S. The fourth-order valence-corrected chi connectivity index (χ4v) is 3.74. The fraction of sp³-hybridized carbons (Fsp3) is 0.444. The highest BCUT2D eigenvalue weighted by Crippen LogP contribution is 2.23. The molecule has 6 heteroatoms. The van der Waals surface area contributed by atoms with Crippen LogP contribution in [0.1, 0.15) is 25.8 Å². The first-order valence-electron chi connectivity index (χ1n) is 8.14. The molecule has 1 saturated heterocycles. The zero-order valence-corrected chi connectivity index (χ0v) is 14.9. The molecule has 2 amide bonds. The maximum absolute atomic E-state index is 12.4. The van der Waals surface area contributed by atoms with Crippen molar-refractivity contribution < 1.29 is 14.7 Å². The van der Waals surface area contributed by atoms with Gasteiger partial charge in [0.1, 0.15) is 11.8 Å². The predicted octanol–water partition coefficient (Wildman–Crippen LogP) is 2.31. The molecule has 0 spiro atoms. The number of nitrogens with one attached hydrogen (secondary N) is 1. The minimum absolute atomic E-state index is 0.0551. The lowest BCUT2D eigenvalue weighted by Crippen LogP contribution is -2.47. The number of nitrogens with zero attached hydrogens (tertiary/aromatic N) is 1. The Morgan fingerprint density at radius 1 is 1.38 bits per heavy atom. The van der Waals surface area contributed by atoms with Crippen LogP contribution in [0.2, 0.25) is 0 Å². The first-order chi connectivity index (χ1) is 11.5. The monoisotopic (exact) mass is 348 g/mol. The molecule has 0 bridgehead atoms. The minimum Gasteiger partial charge on any atom is -0.508 e. The summed E-state index contributed by atoms with van der Waals surface area (Å²) in [6, 6.07) is 6.54. The molecule has 0 aromatic heterocycles. The summed E-state index contributed by atoms with van der Waals surface area (Å²) in [5.41, 5.74) is 1.74. The third-order valence-electron chi connectivity index (χ3n) is 3.94. The van der Waals surface area contributed by atoms with Gasteiger partial charge in [-0.1, -0.05) is 25.1 Å². The number of thioether (sulfide) groups is 1. The Morgan fingerprint density at radius 2 is 2.08 bits per heavy atom. The highest BCUT2D eigenvalue weighted by molar-refractivity contribution is 7.99. The van der Waals surface area contributed by atoms with Crippen molar-refractivity contribution in [2.24, 2.45) is 0 Å². The molecule has 0 saturated carbocycles. The number of benzene rings is 1. The quantitative estimate of drug-likeness (QED) is 0.774.